The molecule has 0 saturated carbocycles. The van der Waals surface area contributed by atoms with Crippen LogP contribution in [0.4, 0.5) is 11.4 Å². The van der Waals surface area contributed by atoms with E-state index in [-0.39, 0.29) is 22.4 Å². The quantitative estimate of drug-likeness (QED) is 0.695. The Morgan fingerprint density at radius 3 is 2.24 bits per heavy atom. The summed E-state index contributed by atoms with van der Waals surface area (Å²) in [5, 5.41) is 13.4. The normalized spacial score (nSPS) is 16.5. The SMILES string of the molecule is CC(C)(C)c1cc(C(C)(C)C)c(NC(=O)[C@H]2C=Nc3ccccc3C2=O)cc1O. The molecule has 1 heterocycles. The largest absolute Gasteiger partial charge is 0.508 e. The van der Waals surface area contributed by atoms with E-state index in [2.05, 4.69) is 10.3 Å². The summed E-state index contributed by atoms with van der Waals surface area (Å²) >= 11 is 0. The highest BCUT2D eigenvalue weighted by molar-refractivity contribution is 6.25. The molecule has 2 aromatic carbocycles. The Labute approximate surface area is 171 Å². The summed E-state index contributed by atoms with van der Waals surface area (Å²) < 4.78 is 0. The van der Waals surface area contributed by atoms with Gasteiger partial charge in [0.1, 0.15) is 11.7 Å². The molecule has 0 bridgehead atoms. The molecule has 0 spiro atoms. The van der Waals surface area contributed by atoms with Crippen LogP contribution in [-0.2, 0) is 15.6 Å². The summed E-state index contributed by atoms with van der Waals surface area (Å²) in [5.41, 5.74) is 2.71. The number of para-hydroxylation sites is 1. The molecule has 2 N–H and O–H groups in total. The van der Waals surface area contributed by atoms with Crippen LogP contribution in [0.15, 0.2) is 41.4 Å². The molecule has 3 rings (SSSR count). The van der Waals surface area contributed by atoms with Crippen molar-refractivity contribution in [2.24, 2.45) is 10.9 Å². The summed E-state index contributed by atoms with van der Waals surface area (Å²) in [7, 11) is 0. The standard InChI is InChI=1S/C24H28N2O3/c1-23(2,3)16-11-17(24(4,5)6)20(27)12-19(16)26-22(29)15-13-25-18-10-8-7-9-14(18)21(15)28/h7-13,15,27H,1-6H3,(H,26,29)/t15-/m0/s1. The fourth-order valence-corrected chi connectivity index (χ4v) is 3.49. The molecule has 29 heavy (non-hydrogen) atoms. The first kappa shape index (κ1) is 20.8. The monoisotopic (exact) mass is 392 g/mol. The molecule has 1 aliphatic heterocycles. The fraction of sp³-hybridized carbons (Fsp3) is 0.375. The average molecular weight is 392 g/mol. The minimum absolute atomic E-state index is 0.120. The van der Waals surface area contributed by atoms with Crippen LogP contribution in [0.3, 0.4) is 0 Å². The van der Waals surface area contributed by atoms with Gasteiger partial charge in [-0.1, -0.05) is 53.7 Å². The molecule has 0 radical (unpaired) electrons. The maximum Gasteiger partial charge on any atom is 0.240 e. The third-order valence-corrected chi connectivity index (χ3v) is 5.11. The number of benzene rings is 2. The Kier molecular flexibility index (Phi) is 5.11. The van der Waals surface area contributed by atoms with Crippen molar-refractivity contribution < 1.29 is 14.7 Å². The van der Waals surface area contributed by atoms with Gasteiger partial charge in [-0.2, -0.15) is 0 Å². The molecule has 1 aliphatic rings. The number of anilines is 1. The fourth-order valence-electron chi connectivity index (χ4n) is 3.49. The lowest BCUT2D eigenvalue weighted by molar-refractivity contribution is -0.116. The summed E-state index contributed by atoms with van der Waals surface area (Å²) in [6.45, 7) is 12.2. The Morgan fingerprint density at radius 2 is 1.62 bits per heavy atom. The minimum atomic E-state index is -0.998. The topological polar surface area (TPSA) is 78.8 Å². The third-order valence-electron chi connectivity index (χ3n) is 5.11. The van der Waals surface area contributed by atoms with Gasteiger partial charge < -0.3 is 10.4 Å². The van der Waals surface area contributed by atoms with E-state index in [0.29, 0.717) is 16.9 Å². The number of ketones is 1. The second-order valence-corrected chi connectivity index (χ2v) is 9.54. The first-order valence-electron chi connectivity index (χ1n) is 9.76. The summed E-state index contributed by atoms with van der Waals surface area (Å²) in [6, 6.07) is 10.5. The molecule has 0 aliphatic carbocycles. The Hall–Kier alpha value is -2.95. The Morgan fingerprint density at radius 1 is 1.00 bits per heavy atom. The molecule has 1 atom stereocenters. The number of phenolic OH excluding ortho intramolecular Hbond substituents is 1. The maximum atomic E-state index is 13.0. The van der Waals surface area contributed by atoms with Gasteiger partial charge >= 0.3 is 0 Å². The van der Waals surface area contributed by atoms with Crippen LogP contribution in [0.5, 0.6) is 5.75 Å². The Bertz CT molecular complexity index is 1010. The van der Waals surface area contributed by atoms with E-state index in [1.165, 1.54) is 6.21 Å². The lowest BCUT2D eigenvalue weighted by Gasteiger charge is -2.29. The number of nitrogens with zero attached hydrogens (tertiary/aromatic N) is 1. The van der Waals surface area contributed by atoms with Crippen molar-refractivity contribution in [1.29, 1.82) is 0 Å². The van der Waals surface area contributed by atoms with Crippen molar-refractivity contribution >= 4 is 29.3 Å². The van der Waals surface area contributed by atoms with Gasteiger partial charge in [0.2, 0.25) is 5.91 Å². The van der Waals surface area contributed by atoms with Gasteiger partial charge in [-0.05, 0) is 40.2 Å². The number of carbonyl (C=O) groups is 2. The molecule has 1 amide bonds. The Balaban J connectivity index is 1.97. The number of nitrogens with one attached hydrogen (secondary N) is 1. The van der Waals surface area contributed by atoms with Crippen LogP contribution in [0.25, 0.3) is 0 Å². The van der Waals surface area contributed by atoms with Gasteiger partial charge in [0.25, 0.3) is 0 Å². The smallest absolute Gasteiger partial charge is 0.240 e. The van der Waals surface area contributed by atoms with E-state index in [4.69, 9.17) is 0 Å². The van der Waals surface area contributed by atoms with Crippen molar-refractivity contribution in [2.45, 2.75) is 52.4 Å². The zero-order valence-corrected chi connectivity index (χ0v) is 17.8. The highest BCUT2D eigenvalue weighted by atomic mass is 16.3. The predicted octanol–water partition coefficient (Wildman–Crippen LogP) is 5.14. The number of hydrogen-bond donors (Lipinski definition) is 2. The van der Waals surface area contributed by atoms with Crippen LogP contribution < -0.4 is 5.32 Å². The van der Waals surface area contributed by atoms with E-state index >= 15 is 0 Å². The van der Waals surface area contributed by atoms with E-state index in [9.17, 15) is 14.7 Å². The number of rotatable bonds is 2. The molecule has 0 fully saturated rings. The van der Waals surface area contributed by atoms with Gasteiger partial charge in [-0.3, -0.25) is 14.6 Å². The maximum absolute atomic E-state index is 13.0. The molecule has 5 heteroatoms. The number of fused-ring (bicyclic) bond motifs is 1. The van der Waals surface area contributed by atoms with E-state index in [1.54, 1.807) is 30.3 Å². The second kappa shape index (κ2) is 7.14. The highest BCUT2D eigenvalue weighted by Crippen LogP contribution is 2.40. The van der Waals surface area contributed by atoms with Gasteiger partial charge in [-0.25, -0.2) is 0 Å². The molecule has 5 nitrogen and oxygen atoms in total. The molecule has 0 aromatic heterocycles. The van der Waals surface area contributed by atoms with Crippen LogP contribution in [0.2, 0.25) is 0 Å². The van der Waals surface area contributed by atoms with Crippen molar-refractivity contribution in [2.75, 3.05) is 5.32 Å². The molecule has 152 valence electrons. The molecule has 0 unspecified atom stereocenters. The van der Waals surface area contributed by atoms with Crippen molar-refractivity contribution in [3.8, 4) is 5.75 Å². The van der Waals surface area contributed by atoms with E-state index in [1.807, 2.05) is 47.6 Å². The number of aromatic hydroxyl groups is 1. The van der Waals surface area contributed by atoms with Gasteiger partial charge in [0, 0.05) is 23.5 Å². The van der Waals surface area contributed by atoms with Crippen molar-refractivity contribution in [3.63, 3.8) is 0 Å². The summed E-state index contributed by atoms with van der Waals surface area (Å²) in [6.07, 6.45) is 1.39. The van der Waals surface area contributed by atoms with Crippen LogP contribution in [-0.4, -0.2) is 23.0 Å². The lowest BCUT2D eigenvalue weighted by atomic mass is 9.79. The van der Waals surface area contributed by atoms with Crippen LogP contribution >= 0.6 is 0 Å². The summed E-state index contributed by atoms with van der Waals surface area (Å²) in [4.78, 5) is 30.0. The molecular formula is C24H28N2O3. The number of Topliss-reactive ketones (excluding diaryl/α,β-unsaturated/α-hetero) is 1. The summed E-state index contributed by atoms with van der Waals surface area (Å²) in [5.74, 6) is -1.61. The van der Waals surface area contributed by atoms with Gasteiger partial charge in [0.05, 0.1) is 5.69 Å². The second-order valence-electron chi connectivity index (χ2n) is 9.54. The molecule has 0 saturated heterocycles. The average Bonchev–Trinajstić information content (AvgIpc) is 2.60. The first-order chi connectivity index (χ1) is 13.4. The number of phenols is 1. The van der Waals surface area contributed by atoms with Gasteiger partial charge in [-0.15, -0.1) is 0 Å². The van der Waals surface area contributed by atoms with Crippen molar-refractivity contribution in [3.05, 3.63) is 53.1 Å². The minimum Gasteiger partial charge on any atom is -0.508 e. The lowest BCUT2D eigenvalue weighted by Crippen LogP contribution is -2.33. The van der Waals surface area contributed by atoms with Crippen LogP contribution in [0.1, 0.15) is 63.0 Å². The number of hydrogen-bond acceptors (Lipinski definition) is 4. The third kappa shape index (κ3) is 4.09. The molecular weight excluding hydrogens is 364 g/mol. The molecule has 2 aromatic rings. The van der Waals surface area contributed by atoms with E-state index < -0.39 is 11.8 Å². The number of amides is 1. The van der Waals surface area contributed by atoms with Crippen LogP contribution in [0, 0.1) is 5.92 Å². The zero-order valence-electron chi connectivity index (χ0n) is 17.8. The van der Waals surface area contributed by atoms with Crippen molar-refractivity contribution in [1.82, 2.24) is 0 Å². The number of aliphatic imine (C=N–C) groups is 1. The predicted molar refractivity (Wildman–Crippen MR) is 117 cm³/mol. The van der Waals surface area contributed by atoms with E-state index in [0.717, 1.165) is 11.1 Å². The van der Waals surface area contributed by atoms with Gasteiger partial charge in [0.15, 0.2) is 5.78 Å². The highest BCUT2D eigenvalue weighted by Gasteiger charge is 2.32. The first-order valence-corrected chi connectivity index (χ1v) is 9.76. The zero-order chi connectivity index (χ0) is 21.6. The number of carbonyl (C=O) groups excluding carboxylic acids is 2.